The van der Waals surface area contributed by atoms with E-state index in [2.05, 4.69) is 29.8 Å². The van der Waals surface area contributed by atoms with Crippen molar-refractivity contribution < 1.29 is 76.6 Å². The lowest BCUT2D eigenvalue weighted by molar-refractivity contribution is -0.161. The number of Topliss-reactive ketones (excluding diaryl/α,β-unsaturated/α-hetero) is 1. The van der Waals surface area contributed by atoms with Gasteiger partial charge in [-0.2, -0.15) is 0 Å². The molecular weight excluding hydrogens is 846 g/mol. The first kappa shape index (κ1) is 58.5. The van der Waals surface area contributed by atoms with E-state index in [1.54, 1.807) is 12.2 Å². The third kappa shape index (κ3) is 32.2. The SMILES string of the molecule is CCCCC[C@H](O)/C=C/[C@H]1[C@H](O)CC(=O)[C@@H]1CCCCCCC(=O)OC[C@H](COP(=O)(O)OC[C@@H](O)COP(=O)(O)O)OC(=O)CCCCCCCCCCCCCCC(C)C. The van der Waals surface area contributed by atoms with Gasteiger partial charge < -0.3 is 39.5 Å². The van der Waals surface area contributed by atoms with Crippen LogP contribution in [0.3, 0.4) is 0 Å². The Hall–Kier alpha value is -1.55. The van der Waals surface area contributed by atoms with Gasteiger partial charge in [0.1, 0.15) is 18.5 Å². The normalized spacial score (nSPS) is 19.5. The Balaban J connectivity index is 2.51. The predicted octanol–water partition coefficient (Wildman–Crippen LogP) is 8.57. The van der Waals surface area contributed by atoms with Crippen LogP contribution in [0.1, 0.15) is 181 Å². The molecule has 1 saturated carbocycles. The molecule has 0 bridgehead atoms. The van der Waals surface area contributed by atoms with Gasteiger partial charge in [-0.1, -0.05) is 148 Å². The van der Waals surface area contributed by atoms with Crippen molar-refractivity contribution in [3.63, 3.8) is 0 Å². The van der Waals surface area contributed by atoms with Gasteiger partial charge in [0, 0.05) is 31.1 Å². The van der Waals surface area contributed by atoms with Crippen LogP contribution in [0.2, 0.25) is 0 Å². The number of phosphoric ester groups is 2. The zero-order valence-corrected chi connectivity index (χ0v) is 39.7. The molecule has 6 N–H and O–H groups in total. The van der Waals surface area contributed by atoms with E-state index in [0.717, 1.165) is 57.3 Å². The van der Waals surface area contributed by atoms with Gasteiger partial charge in [0.2, 0.25) is 0 Å². The number of ketones is 1. The van der Waals surface area contributed by atoms with E-state index in [-0.39, 0.29) is 36.9 Å². The standard InChI is InChI=1S/C44H82O16P2/c1-4-5-18-24-36(45)28-29-40-39(41(47)30-42(40)48)25-20-16-17-21-26-43(49)56-33-38(34-59-62(54,55)58-32-37(46)31-57-61(51,52)53)60-44(50)27-22-15-13-11-9-7-6-8-10-12-14-19-23-35(2)3/h28-29,35-40,42,45-46,48H,4-27,30-34H2,1-3H3,(H,54,55)(H2,51,52,53)/b29-28+/t36-,37-,38+,39+,40+,42+/m0/s1. The summed E-state index contributed by atoms with van der Waals surface area (Å²) < 4.78 is 47.8. The van der Waals surface area contributed by atoms with Gasteiger partial charge in [0.15, 0.2) is 6.10 Å². The van der Waals surface area contributed by atoms with Crippen LogP contribution in [0.15, 0.2) is 12.2 Å². The maximum absolute atomic E-state index is 12.7. The second-order valence-electron chi connectivity index (χ2n) is 17.3. The minimum absolute atomic E-state index is 0.0133. The molecule has 1 aliphatic carbocycles. The van der Waals surface area contributed by atoms with Gasteiger partial charge in [-0.15, -0.1) is 0 Å². The molecule has 1 fully saturated rings. The van der Waals surface area contributed by atoms with Crippen molar-refractivity contribution in [2.75, 3.05) is 26.4 Å². The number of carbonyl (C=O) groups excluding carboxylic acids is 3. The number of hydrogen-bond acceptors (Lipinski definition) is 13. The first-order chi connectivity index (χ1) is 29.4. The monoisotopic (exact) mass is 929 g/mol. The zero-order chi connectivity index (χ0) is 46.2. The molecule has 364 valence electrons. The van der Waals surface area contributed by atoms with Crippen LogP contribution < -0.4 is 0 Å². The Bertz CT molecular complexity index is 1320. The summed E-state index contributed by atoms with van der Waals surface area (Å²) in [4.78, 5) is 65.6. The van der Waals surface area contributed by atoms with E-state index in [1.807, 2.05) is 0 Å². The summed E-state index contributed by atoms with van der Waals surface area (Å²) in [5.74, 6) is -1.04. The van der Waals surface area contributed by atoms with E-state index >= 15 is 0 Å². The number of ether oxygens (including phenoxy) is 2. The Kier molecular flexibility index (Phi) is 32.8. The Labute approximate surface area is 371 Å². The van der Waals surface area contributed by atoms with Crippen molar-refractivity contribution >= 4 is 33.4 Å². The molecule has 0 amide bonds. The van der Waals surface area contributed by atoms with Crippen molar-refractivity contribution in [3.8, 4) is 0 Å². The molecule has 0 aromatic rings. The highest BCUT2D eigenvalue weighted by Gasteiger charge is 2.39. The van der Waals surface area contributed by atoms with Gasteiger partial charge in [0.05, 0.1) is 32.0 Å². The van der Waals surface area contributed by atoms with Crippen molar-refractivity contribution in [2.24, 2.45) is 17.8 Å². The highest BCUT2D eigenvalue weighted by Crippen LogP contribution is 2.44. The summed E-state index contributed by atoms with van der Waals surface area (Å²) in [6, 6.07) is 0. The summed E-state index contributed by atoms with van der Waals surface area (Å²) >= 11 is 0. The first-order valence-corrected chi connectivity index (χ1v) is 26.4. The fraction of sp³-hybridized carbons (Fsp3) is 0.886. The van der Waals surface area contributed by atoms with Crippen LogP contribution in [0, 0.1) is 17.8 Å². The van der Waals surface area contributed by atoms with Crippen LogP contribution in [-0.4, -0.2) is 98.6 Å². The lowest BCUT2D eigenvalue weighted by atomic mass is 9.88. The molecule has 1 rings (SSSR count). The molecule has 16 nitrogen and oxygen atoms in total. The van der Waals surface area contributed by atoms with Gasteiger partial charge in [-0.05, 0) is 31.6 Å². The molecule has 0 radical (unpaired) electrons. The Morgan fingerprint density at radius 2 is 1.21 bits per heavy atom. The number of phosphoric acid groups is 2. The maximum atomic E-state index is 12.7. The average Bonchev–Trinajstić information content (AvgIpc) is 3.47. The van der Waals surface area contributed by atoms with Crippen molar-refractivity contribution in [3.05, 3.63) is 12.2 Å². The highest BCUT2D eigenvalue weighted by molar-refractivity contribution is 7.47. The zero-order valence-electron chi connectivity index (χ0n) is 37.9. The predicted molar refractivity (Wildman–Crippen MR) is 236 cm³/mol. The fourth-order valence-electron chi connectivity index (χ4n) is 7.37. The summed E-state index contributed by atoms with van der Waals surface area (Å²) in [6.45, 7) is 3.71. The van der Waals surface area contributed by atoms with Gasteiger partial charge in [-0.3, -0.25) is 28.0 Å². The molecule has 0 aromatic carbocycles. The molecule has 1 aliphatic rings. The molecule has 18 heteroatoms. The van der Waals surface area contributed by atoms with Crippen molar-refractivity contribution in [2.45, 2.75) is 206 Å². The van der Waals surface area contributed by atoms with Gasteiger partial charge in [-0.25, -0.2) is 9.13 Å². The summed E-state index contributed by atoms with van der Waals surface area (Å²) in [5, 5.41) is 30.5. The highest BCUT2D eigenvalue weighted by atomic mass is 31.2. The molecule has 7 atom stereocenters. The number of carbonyl (C=O) groups is 3. The molecule has 0 aliphatic heterocycles. The maximum Gasteiger partial charge on any atom is 0.472 e. The van der Waals surface area contributed by atoms with Crippen LogP contribution in [0.4, 0.5) is 0 Å². The molecular formula is C44H82O16P2. The second-order valence-corrected chi connectivity index (χ2v) is 20.0. The van der Waals surface area contributed by atoms with Gasteiger partial charge in [0.25, 0.3) is 0 Å². The van der Waals surface area contributed by atoms with Crippen LogP contribution in [-0.2, 0) is 46.6 Å². The molecule has 62 heavy (non-hydrogen) atoms. The van der Waals surface area contributed by atoms with Crippen molar-refractivity contribution in [1.82, 2.24) is 0 Å². The topological polar surface area (TPSA) is 253 Å². The van der Waals surface area contributed by atoms with E-state index in [9.17, 15) is 43.7 Å². The molecule has 0 spiro atoms. The van der Waals surface area contributed by atoms with E-state index < -0.39 is 78.4 Å². The van der Waals surface area contributed by atoms with Crippen LogP contribution in [0.25, 0.3) is 0 Å². The van der Waals surface area contributed by atoms with E-state index in [4.69, 9.17) is 23.8 Å². The van der Waals surface area contributed by atoms with Crippen molar-refractivity contribution in [1.29, 1.82) is 0 Å². The van der Waals surface area contributed by atoms with E-state index in [1.165, 1.54) is 51.4 Å². The quantitative estimate of drug-likeness (QED) is 0.0146. The molecule has 0 heterocycles. The van der Waals surface area contributed by atoms with Gasteiger partial charge >= 0.3 is 27.6 Å². The lowest BCUT2D eigenvalue weighted by Gasteiger charge is -2.20. The third-order valence-corrected chi connectivity index (χ3v) is 12.4. The number of rotatable bonds is 40. The average molecular weight is 929 g/mol. The second kappa shape index (κ2) is 34.8. The summed E-state index contributed by atoms with van der Waals surface area (Å²) in [6.07, 6.45) is 21.1. The number of aliphatic hydroxyl groups excluding tert-OH is 3. The fourth-order valence-corrected chi connectivity index (χ4v) is 8.53. The number of hydrogen-bond donors (Lipinski definition) is 6. The smallest absolute Gasteiger partial charge is 0.462 e. The molecule has 0 aromatic heterocycles. The van der Waals surface area contributed by atoms with Crippen LogP contribution >= 0.6 is 15.6 Å². The summed E-state index contributed by atoms with van der Waals surface area (Å²) in [5.41, 5.74) is 0. The van der Waals surface area contributed by atoms with Crippen LogP contribution in [0.5, 0.6) is 0 Å². The molecule has 0 saturated heterocycles. The lowest BCUT2D eigenvalue weighted by Crippen LogP contribution is -2.30. The Morgan fingerprint density at radius 1 is 0.694 bits per heavy atom. The Morgan fingerprint density at radius 3 is 1.79 bits per heavy atom. The minimum Gasteiger partial charge on any atom is -0.462 e. The van der Waals surface area contributed by atoms with E-state index in [0.29, 0.717) is 38.5 Å². The third-order valence-electron chi connectivity index (χ3n) is 11.0. The number of aliphatic hydroxyl groups is 3. The number of esters is 2. The number of unbranched alkanes of at least 4 members (excludes halogenated alkanes) is 16. The summed E-state index contributed by atoms with van der Waals surface area (Å²) in [7, 11) is -9.76. The first-order valence-electron chi connectivity index (χ1n) is 23.3. The minimum atomic E-state index is -4.89. The molecule has 1 unspecified atom stereocenters. The largest absolute Gasteiger partial charge is 0.472 e.